The molecule has 1 heterocycles. The predicted octanol–water partition coefficient (Wildman–Crippen LogP) is 1.26. The summed E-state index contributed by atoms with van der Waals surface area (Å²) in [6.07, 6.45) is 2.03. The highest BCUT2D eigenvalue weighted by atomic mass is 16.2. The van der Waals surface area contributed by atoms with Crippen molar-refractivity contribution in [1.82, 2.24) is 25.5 Å². The summed E-state index contributed by atoms with van der Waals surface area (Å²) in [5.41, 5.74) is 0.889. The highest BCUT2D eigenvalue weighted by molar-refractivity contribution is 5.75. The fraction of sp³-hybridized carbons (Fsp3) is 0.385. The van der Waals surface area contributed by atoms with E-state index < -0.39 is 0 Å². The van der Waals surface area contributed by atoms with Crippen molar-refractivity contribution in [2.24, 2.45) is 0 Å². The van der Waals surface area contributed by atoms with Crippen LogP contribution in [0.4, 0.5) is 0 Å². The summed E-state index contributed by atoms with van der Waals surface area (Å²) in [4.78, 5) is 12.9. The molecular weight excluding hydrogens is 242 g/mol. The largest absolute Gasteiger partial charge is 0.354 e. The SMILES string of the molecule is CCCCNC(=O)Cn1nnc(-c2ccccc2)n1. The first kappa shape index (κ1) is 13.2. The molecule has 6 nitrogen and oxygen atoms in total. The lowest BCUT2D eigenvalue weighted by Crippen LogP contribution is -2.29. The topological polar surface area (TPSA) is 72.7 Å². The Morgan fingerprint density at radius 2 is 2.11 bits per heavy atom. The Morgan fingerprint density at radius 3 is 2.84 bits per heavy atom. The Hall–Kier alpha value is -2.24. The number of hydrogen-bond donors (Lipinski definition) is 1. The van der Waals surface area contributed by atoms with Gasteiger partial charge in [0.25, 0.3) is 0 Å². The average molecular weight is 259 g/mol. The van der Waals surface area contributed by atoms with Crippen LogP contribution in [0.1, 0.15) is 19.8 Å². The fourth-order valence-electron chi connectivity index (χ4n) is 1.60. The van der Waals surface area contributed by atoms with E-state index in [9.17, 15) is 4.79 Å². The van der Waals surface area contributed by atoms with Crippen LogP contribution in [0.5, 0.6) is 0 Å². The van der Waals surface area contributed by atoms with Gasteiger partial charge in [-0.1, -0.05) is 43.7 Å². The molecule has 0 aliphatic heterocycles. The molecule has 1 aromatic heterocycles. The molecule has 1 N–H and O–H groups in total. The van der Waals surface area contributed by atoms with E-state index in [1.807, 2.05) is 30.3 Å². The maximum absolute atomic E-state index is 11.6. The number of carbonyl (C=O) groups is 1. The number of carbonyl (C=O) groups excluding carboxylic acids is 1. The Labute approximate surface area is 111 Å². The maximum atomic E-state index is 11.6. The highest BCUT2D eigenvalue weighted by Crippen LogP contribution is 2.11. The molecule has 0 unspecified atom stereocenters. The molecule has 0 saturated heterocycles. The summed E-state index contributed by atoms with van der Waals surface area (Å²) in [6.45, 7) is 2.87. The Kier molecular flexibility index (Phi) is 4.60. The van der Waals surface area contributed by atoms with Gasteiger partial charge in [0.15, 0.2) is 0 Å². The number of nitrogens with one attached hydrogen (secondary N) is 1. The quantitative estimate of drug-likeness (QED) is 0.793. The monoisotopic (exact) mass is 259 g/mol. The minimum Gasteiger partial charge on any atom is -0.354 e. The summed E-state index contributed by atoms with van der Waals surface area (Å²) in [5, 5.41) is 14.8. The molecule has 6 heteroatoms. The van der Waals surface area contributed by atoms with Crippen molar-refractivity contribution in [3.8, 4) is 11.4 Å². The first-order valence-corrected chi connectivity index (χ1v) is 6.39. The zero-order valence-electron chi connectivity index (χ0n) is 10.9. The van der Waals surface area contributed by atoms with Crippen molar-refractivity contribution in [2.45, 2.75) is 26.3 Å². The number of aromatic nitrogens is 4. The third-order valence-corrected chi connectivity index (χ3v) is 2.62. The van der Waals surface area contributed by atoms with E-state index in [4.69, 9.17) is 0 Å². The lowest BCUT2D eigenvalue weighted by Gasteiger charge is -2.02. The second-order valence-corrected chi connectivity index (χ2v) is 4.21. The molecule has 0 spiro atoms. The highest BCUT2D eigenvalue weighted by Gasteiger charge is 2.08. The molecule has 1 amide bonds. The molecular formula is C13H17N5O. The maximum Gasteiger partial charge on any atom is 0.243 e. The van der Waals surface area contributed by atoms with Crippen LogP contribution in [0.15, 0.2) is 30.3 Å². The molecule has 100 valence electrons. The number of benzene rings is 1. The van der Waals surface area contributed by atoms with Crippen LogP contribution in [0, 0.1) is 0 Å². The van der Waals surface area contributed by atoms with Crippen LogP contribution in [0.2, 0.25) is 0 Å². The molecule has 1 aromatic carbocycles. The van der Waals surface area contributed by atoms with E-state index in [0.717, 1.165) is 18.4 Å². The van der Waals surface area contributed by atoms with Gasteiger partial charge in [0.1, 0.15) is 6.54 Å². The summed E-state index contributed by atoms with van der Waals surface area (Å²) in [5.74, 6) is 0.437. The number of tetrazole rings is 1. The van der Waals surface area contributed by atoms with Gasteiger partial charge in [-0.05, 0) is 11.6 Å². The zero-order chi connectivity index (χ0) is 13.5. The average Bonchev–Trinajstić information content (AvgIpc) is 2.88. The lowest BCUT2D eigenvalue weighted by molar-refractivity contribution is -0.122. The van der Waals surface area contributed by atoms with Gasteiger partial charge in [-0.15, -0.1) is 10.2 Å². The van der Waals surface area contributed by atoms with E-state index in [0.29, 0.717) is 12.4 Å². The van der Waals surface area contributed by atoms with Crippen LogP contribution in [-0.2, 0) is 11.3 Å². The number of unbranched alkanes of at least 4 members (excludes halogenated alkanes) is 1. The molecule has 2 rings (SSSR count). The van der Waals surface area contributed by atoms with Crippen LogP contribution in [-0.4, -0.2) is 32.7 Å². The number of hydrogen-bond acceptors (Lipinski definition) is 4. The van der Waals surface area contributed by atoms with Crippen LogP contribution in [0.3, 0.4) is 0 Å². The summed E-state index contributed by atoms with van der Waals surface area (Å²) in [7, 11) is 0. The van der Waals surface area contributed by atoms with E-state index >= 15 is 0 Å². The van der Waals surface area contributed by atoms with E-state index in [-0.39, 0.29) is 12.5 Å². The number of amides is 1. The van der Waals surface area contributed by atoms with Gasteiger partial charge in [0.2, 0.25) is 11.7 Å². The Morgan fingerprint density at radius 1 is 1.32 bits per heavy atom. The molecule has 2 aromatic rings. The second kappa shape index (κ2) is 6.63. The molecule has 0 aliphatic rings. The van der Waals surface area contributed by atoms with Crippen molar-refractivity contribution in [3.63, 3.8) is 0 Å². The Bertz CT molecular complexity index is 523. The third kappa shape index (κ3) is 3.87. The smallest absolute Gasteiger partial charge is 0.243 e. The Balaban J connectivity index is 1.93. The second-order valence-electron chi connectivity index (χ2n) is 4.21. The summed E-state index contributed by atoms with van der Waals surface area (Å²) >= 11 is 0. The molecule has 0 aliphatic carbocycles. The van der Waals surface area contributed by atoms with Gasteiger partial charge in [0, 0.05) is 12.1 Å². The van der Waals surface area contributed by atoms with Crippen molar-refractivity contribution >= 4 is 5.91 Å². The molecule has 19 heavy (non-hydrogen) atoms. The zero-order valence-corrected chi connectivity index (χ0v) is 10.9. The van der Waals surface area contributed by atoms with Crippen LogP contribution < -0.4 is 5.32 Å². The summed E-state index contributed by atoms with van der Waals surface area (Å²) in [6, 6.07) is 9.56. The molecule has 0 bridgehead atoms. The predicted molar refractivity (Wildman–Crippen MR) is 71.2 cm³/mol. The minimum absolute atomic E-state index is 0.0922. The molecule has 0 saturated carbocycles. The van der Waals surface area contributed by atoms with Crippen molar-refractivity contribution in [2.75, 3.05) is 6.54 Å². The molecule has 0 radical (unpaired) electrons. The van der Waals surface area contributed by atoms with E-state index in [1.54, 1.807) is 0 Å². The standard InChI is InChI=1S/C13H17N5O/c1-2-3-9-14-12(19)10-18-16-13(15-17-18)11-7-5-4-6-8-11/h4-8H,2-3,9-10H2,1H3,(H,14,19). The van der Waals surface area contributed by atoms with Crippen LogP contribution in [0.25, 0.3) is 11.4 Å². The normalized spacial score (nSPS) is 10.4. The van der Waals surface area contributed by atoms with E-state index in [1.165, 1.54) is 4.80 Å². The fourth-order valence-corrected chi connectivity index (χ4v) is 1.60. The van der Waals surface area contributed by atoms with E-state index in [2.05, 4.69) is 27.7 Å². The number of rotatable bonds is 6. The lowest BCUT2D eigenvalue weighted by atomic mass is 10.2. The van der Waals surface area contributed by atoms with Crippen LogP contribution >= 0.6 is 0 Å². The van der Waals surface area contributed by atoms with Gasteiger partial charge >= 0.3 is 0 Å². The van der Waals surface area contributed by atoms with Gasteiger partial charge in [-0.25, -0.2) is 0 Å². The van der Waals surface area contributed by atoms with Gasteiger partial charge < -0.3 is 5.32 Å². The first-order valence-electron chi connectivity index (χ1n) is 6.39. The minimum atomic E-state index is -0.0922. The molecule has 0 atom stereocenters. The van der Waals surface area contributed by atoms with Gasteiger partial charge in [-0.3, -0.25) is 4.79 Å². The van der Waals surface area contributed by atoms with Crippen molar-refractivity contribution in [3.05, 3.63) is 30.3 Å². The van der Waals surface area contributed by atoms with Crippen molar-refractivity contribution in [1.29, 1.82) is 0 Å². The third-order valence-electron chi connectivity index (χ3n) is 2.62. The number of nitrogens with zero attached hydrogens (tertiary/aromatic N) is 4. The first-order chi connectivity index (χ1) is 9.29. The van der Waals surface area contributed by atoms with Gasteiger partial charge in [0.05, 0.1) is 0 Å². The molecule has 0 fully saturated rings. The van der Waals surface area contributed by atoms with Gasteiger partial charge in [-0.2, -0.15) is 4.80 Å². The summed E-state index contributed by atoms with van der Waals surface area (Å²) < 4.78 is 0. The van der Waals surface area contributed by atoms with Crippen molar-refractivity contribution < 1.29 is 4.79 Å².